The van der Waals surface area contributed by atoms with E-state index >= 15 is 0 Å². The Balaban J connectivity index is 2.49. The molecule has 1 saturated heterocycles. The summed E-state index contributed by atoms with van der Waals surface area (Å²) in [4.78, 5) is 28.1. The number of nitrogens with one attached hydrogen (secondary N) is 1. The molecule has 1 aliphatic rings. The molecular formula is C10H19N3O4. The molecule has 3 N–H and O–H groups in total. The summed E-state index contributed by atoms with van der Waals surface area (Å²) in [5.41, 5.74) is 5.44. The van der Waals surface area contributed by atoms with E-state index in [1.165, 1.54) is 5.06 Å². The number of nitrogens with zero attached hydrogens (tertiary/aromatic N) is 1. The number of carbonyl (C=O) groups excluding carboxylic acids is 2. The summed E-state index contributed by atoms with van der Waals surface area (Å²) in [7, 11) is 1.64. The standard InChI is InChI=1S/C10H19N3O4/c1-4-16-10(15)7-5-8(13(3)17-7)12-9(14)6(2)11/h6-8H,4-5,11H2,1-3H3,(H,12,14)/t6-,7+,8+/m0/s1. The van der Waals surface area contributed by atoms with Crippen LogP contribution in [0.15, 0.2) is 0 Å². The third kappa shape index (κ3) is 3.65. The zero-order valence-corrected chi connectivity index (χ0v) is 10.3. The lowest BCUT2D eigenvalue weighted by atomic mass is 10.2. The van der Waals surface area contributed by atoms with Crippen LogP contribution in [0.4, 0.5) is 0 Å². The Bertz CT molecular complexity index is 295. The first-order valence-corrected chi connectivity index (χ1v) is 5.58. The van der Waals surface area contributed by atoms with Crippen LogP contribution in [-0.2, 0) is 19.2 Å². The fraction of sp³-hybridized carbons (Fsp3) is 0.800. The van der Waals surface area contributed by atoms with Gasteiger partial charge in [-0.15, -0.1) is 0 Å². The lowest BCUT2D eigenvalue weighted by Gasteiger charge is -2.19. The highest BCUT2D eigenvalue weighted by atomic mass is 16.7. The number of nitrogens with two attached hydrogens (primary N) is 1. The molecule has 1 rings (SSSR count). The summed E-state index contributed by atoms with van der Waals surface area (Å²) in [6, 6.07) is -0.593. The molecule has 1 amide bonds. The average Bonchev–Trinajstić information content (AvgIpc) is 2.60. The van der Waals surface area contributed by atoms with Crippen LogP contribution in [0, 0.1) is 0 Å². The Morgan fingerprint density at radius 2 is 2.29 bits per heavy atom. The van der Waals surface area contributed by atoms with Crippen molar-refractivity contribution in [3.8, 4) is 0 Å². The molecule has 98 valence electrons. The molecule has 1 fully saturated rings. The van der Waals surface area contributed by atoms with Gasteiger partial charge in [-0.05, 0) is 13.8 Å². The van der Waals surface area contributed by atoms with Crippen LogP contribution < -0.4 is 11.1 Å². The minimum absolute atomic E-state index is 0.282. The van der Waals surface area contributed by atoms with Crippen molar-refractivity contribution in [2.75, 3.05) is 13.7 Å². The summed E-state index contributed by atoms with van der Waals surface area (Å²) >= 11 is 0. The van der Waals surface area contributed by atoms with Gasteiger partial charge in [0.15, 0.2) is 6.10 Å². The van der Waals surface area contributed by atoms with Crippen LogP contribution in [0.2, 0.25) is 0 Å². The van der Waals surface area contributed by atoms with E-state index in [2.05, 4.69) is 5.32 Å². The maximum absolute atomic E-state index is 11.4. The topological polar surface area (TPSA) is 93.9 Å². The number of hydrogen-bond acceptors (Lipinski definition) is 6. The average molecular weight is 245 g/mol. The third-order valence-electron chi connectivity index (χ3n) is 2.44. The summed E-state index contributed by atoms with van der Waals surface area (Å²) in [5.74, 6) is -0.702. The van der Waals surface area contributed by atoms with Gasteiger partial charge in [-0.3, -0.25) is 9.63 Å². The highest BCUT2D eigenvalue weighted by Crippen LogP contribution is 2.18. The van der Waals surface area contributed by atoms with E-state index in [1.807, 2.05) is 0 Å². The van der Waals surface area contributed by atoms with Gasteiger partial charge in [-0.2, -0.15) is 5.06 Å². The van der Waals surface area contributed by atoms with Crippen LogP contribution in [0.25, 0.3) is 0 Å². The van der Waals surface area contributed by atoms with Gasteiger partial charge in [-0.1, -0.05) is 0 Å². The van der Waals surface area contributed by atoms with E-state index in [4.69, 9.17) is 15.3 Å². The van der Waals surface area contributed by atoms with Crippen LogP contribution in [0.1, 0.15) is 20.3 Å². The molecule has 7 heteroatoms. The van der Waals surface area contributed by atoms with E-state index in [0.717, 1.165) is 0 Å². The summed E-state index contributed by atoms with van der Waals surface area (Å²) in [5, 5.41) is 4.12. The zero-order valence-electron chi connectivity index (χ0n) is 10.3. The zero-order chi connectivity index (χ0) is 13.0. The quantitative estimate of drug-likeness (QED) is 0.615. The Morgan fingerprint density at radius 3 is 2.82 bits per heavy atom. The molecule has 0 aromatic carbocycles. The normalized spacial score (nSPS) is 26.6. The largest absolute Gasteiger partial charge is 0.464 e. The van der Waals surface area contributed by atoms with Crippen molar-refractivity contribution >= 4 is 11.9 Å². The predicted octanol–water partition coefficient (Wildman–Crippen LogP) is -1.03. The van der Waals surface area contributed by atoms with Crippen LogP contribution in [0.5, 0.6) is 0 Å². The van der Waals surface area contributed by atoms with Gasteiger partial charge < -0.3 is 15.8 Å². The number of esters is 1. The van der Waals surface area contributed by atoms with Gasteiger partial charge in [0.2, 0.25) is 5.91 Å². The van der Waals surface area contributed by atoms with E-state index < -0.39 is 18.1 Å². The maximum atomic E-state index is 11.4. The minimum atomic E-state index is -0.668. The van der Waals surface area contributed by atoms with Crippen molar-refractivity contribution in [2.24, 2.45) is 5.73 Å². The van der Waals surface area contributed by atoms with Gasteiger partial charge in [0.05, 0.1) is 12.6 Å². The second kappa shape index (κ2) is 5.95. The molecule has 0 radical (unpaired) electrons. The maximum Gasteiger partial charge on any atom is 0.337 e. The lowest BCUT2D eigenvalue weighted by molar-refractivity contribution is -0.182. The number of hydrogen-bond donors (Lipinski definition) is 2. The summed E-state index contributed by atoms with van der Waals surface area (Å²) < 4.78 is 4.85. The van der Waals surface area contributed by atoms with Crippen LogP contribution in [-0.4, -0.2) is 48.9 Å². The van der Waals surface area contributed by atoms with E-state index in [9.17, 15) is 9.59 Å². The van der Waals surface area contributed by atoms with Gasteiger partial charge in [0.1, 0.15) is 6.17 Å². The summed E-state index contributed by atoms with van der Waals surface area (Å²) in [6.07, 6.45) is -0.672. The highest BCUT2D eigenvalue weighted by Gasteiger charge is 2.37. The Kier molecular flexibility index (Phi) is 4.86. The molecule has 0 aromatic rings. The molecule has 0 bridgehead atoms. The number of hydroxylamine groups is 2. The lowest BCUT2D eigenvalue weighted by Crippen LogP contribution is -2.47. The highest BCUT2D eigenvalue weighted by molar-refractivity contribution is 5.81. The van der Waals surface area contributed by atoms with Crippen LogP contribution in [0.3, 0.4) is 0 Å². The SMILES string of the molecule is CCOC(=O)[C@H]1C[C@H](NC(=O)[C@H](C)N)N(C)O1. The first kappa shape index (κ1) is 13.9. The molecule has 0 aromatic heterocycles. The second-order valence-electron chi connectivity index (χ2n) is 3.94. The van der Waals surface area contributed by atoms with Gasteiger partial charge >= 0.3 is 5.97 Å². The van der Waals surface area contributed by atoms with E-state index in [1.54, 1.807) is 20.9 Å². The van der Waals surface area contributed by atoms with Crippen molar-refractivity contribution in [3.63, 3.8) is 0 Å². The second-order valence-corrected chi connectivity index (χ2v) is 3.94. The van der Waals surface area contributed by atoms with Crippen molar-refractivity contribution in [1.82, 2.24) is 10.4 Å². The van der Waals surface area contributed by atoms with Crippen molar-refractivity contribution in [2.45, 2.75) is 38.6 Å². The smallest absolute Gasteiger partial charge is 0.337 e. The van der Waals surface area contributed by atoms with Crippen LogP contribution >= 0.6 is 0 Å². The van der Waals surface area contributed by atoms with Crippen molar-refractivity contribution in [1.29, 1.82) is 0 Å². The molecule has 0 spiro atoms. The van der Waals surface area contributed by atoms with Crippen molar-refractivity contribution in [3.05, 3.63) is 0 Å². The molecule has 7 nitrogen and oxygen atoms in total. The van der Waals surface area contributed by atoms with E-state index in [-0.39, 0.29) is 12.1 Å². The molecule has 0 saturated carbocycles. The minimum Gasteiger partial charge on any atom is -0.464 e. The number of carbonyl (C=O) groups is 2. The first-order valence-electron chi connectivity index (χ1n) is 5.58. The van der Waals surface area contributed by atoms with Gasteiger partial charge in [0, 0.05) is 13.5 Å². The Labute approximate surface area is 100 Å². The molecule has 0 unspecified atom stereocenters. The number of amides is 1. The fourth-order valence-corrected chi connectivity index (χ4v) is 1.49. The molecule has 17 heavy (non-hydrogen) atoms. The monoisotopic (exact) mass is 245 g/mol. The van der Waals surface area contributed by atoms with Crippen molar-refractivity contribution < 1.29 is 19.2 Å². The van der Waals surface area contributed by atoms with Gasteiger partial charge in [-0.25, -0.2) is 4.79 Å². The van der Waals surface area contributed by atoms with E-state index in [0.29, 0.717) is 13.0 Å². The van der Waals surface area contributed by atoms with Gasteiger partial charge in [0.25, 0.3) is 0 Å². The molecular weight excluding hydrogens is 226 g/mol. The Hall–Kier alpha value is -1.18. The number of ether oxygens (including phenoxy) is 1. The molecule has 3 atom stereocenters. The molecule has 0 aliphatic carbocycles. The molecule has 1 heterocycles. The fourth-order valence-electron chi connectivity index (χ4n) is 1.49. The molecule has 1 aliphatic heterocycles. The summed E-state index contributed by atoms with van der Waals surface area (Å²) in [6.45, 7) is 3.62. The first-order chi connectivity index (χ1) is 7.95. The predicted molar refractivity (Wildman–Crippen MR) is 59.5 cm³/mol. The third-order valence-corrected chi connectivity index (χ3v) is 2.44. The number of rotatable bonds is 4. The Morgan fingerprint density at radius 1 is 1.65 bits per heavy atom.